The average molecular weight is 267 g/mol. The number of aliphatic carboxylic acids is 1. The highest BCUT2D eigenvalue weighted by molar-refractivity contribution is 5.90. The van der Waals surface area contributed by atoms with Crippen molar-refractivity contribution in [2.45, 2.75) is 13.3 Å². The molecule has 2 amide bonds. The van der Waals surface area contributed by atoms with Crippen LogP contribution in [0.2, 0.25) is 0 Å². The van der Waals surface area contributed by atoms with Crippen LogP contribution in [-0.4, -0.2) is 28.6 Å². The molecule has 0 heterocycles. The third-order valence-electron chi connectivity index (χ3n) is 2.37. The van der Waals surface area contributed by atoms with Gasteiger partial charge < -0.3 is 15.7 Å². The summed E-state index contributed by atoms with van der Waals surface area (Å²) in [4.78, 5) is 31.9. The number of nitrogens with zero attached hydrogens (tertiary/aromatic N) is 1. The van der Waals surface area contributed by atoms with Gasteiger partial charge in [-0.2, -0.15) is 0 Å². The molecule has 8 heteroatoms. The van der Waals surface area contributed by atoms with E-state index in [1.807, 2.05) is 0 Å². The van der Waals surface area contributed by atoms with Crippen LogP contribution in [0.1, 0.15) is 12.0 Å². The van der Waals surface area contributed by atoms with Crippen LogP contribution in [0.5, 0.6) is 0 Å². The first-order valence-electron chi connectivity index (χ1n) is 5.42. The predicted molar refractivity (Wildman–Crippen MR) is 67.1 cm³/mol. The number of anilines is 1. The topological polar surface area (TPSA) is 122 Å². The Morgan fingerprint density at radius 3 is 2.68 bits per heavy atom. The number of benzene rings is 1. The number of amides is 2. The van der Waals surface area contributed by atoms with E-state index in [4.69, 9.17) is 5.11 Å². The van der Waals surface area contributed by atoms with Gasteiger partial charge in [0.05, 0.1) is 22.6 Å². The van der Waals surface area contributed by atoms with Crippen LogP contribution >= 0.6 is 0 Å². The van der Waals surface area contributed by atoms with Gasteiger partial charge in [0, 0.05) is 12.6 Å². The van der Waals surface area contributed by atoms with Gasteiger partial charge in [-0.3, -0.25) is 14.9 Å². The number of hydrogen-bond donors (Lipinski definition) is 3. The molecule has 0 unspecified atom stereocenters. The van der Waals surface area contributed by atoms with Crippen LogP contribution in [0.4, 0.5) is 16.2 Å². The fraction of sp³-hybridized carbons (Fsp3) is 0.273. The molecule has 0 radical (unpaired) electrons. The summed E-state index contributed by atoms with van der Waals surface area (Å²) < 4.78 is 0. The Bertz CT molecular complexity index is 515. The summed E-state index contributed by atoms with van der Waals surface area (Å²) in [6, 6.07) is 3.71. The minimum Gasteiger partial charge on any atom is -0.481 e. The zero-order valence-corrected chi connectivity index (χ0v) is 10.2. The summed E-state index contributed by atoms with van der Waals surface area (Å²) in [6.45, 7) is 1.50. The van der Waals surface area contributed by atoms with Gasteiger partial charge in [0.1, 0.15) is 0 Å². The van der Waals surface area contributed by atoms with Crippen LogP contribution < -0.4 is 10.6 Å². The van der Waals surface area contributed by atoms with Gasteiger partial charge in [0.25, 0.3) is 5.69 Å². The lowest BCUT2D eigenvalue weighted by molar-refractivity contribution is -0.385. The first-order chi connectivity index (χ1) is 8.91. The van der Waals surface area contributed by atoms with E-state index in [0.29, 0.717) is 11.3 Å². The molecule has 0 aliphatic heterocycles. The third-order valence-corrected chi connectivity index (χ3v) is 2.37. The Labute approximate surface area is 108 Å². The maximum Gasteiger partial charge on any atom is 0.319 e. The molecule has 8 nitrogen and oxygen atoms in total. The Morgan fingerprint density at radius 1 is 1.42 bits per heavy atom. The fourth-order valence-electron chi connectivity index (χ4n) is 1.41. The molecule has 3 N–H and O–H groups in total. The molecule has 0 aromatic heterocycles. The molecule has 0 atom stereocenters. The summed E-state index contributed by atoms with van der Waals surface area (Å²) in [5.41, 5.74) is 0.547. The van der Waals surface area contributed by atoms with E-state index in [2.05, 4.69) is 10.6 Å². The molecule has 102 valence electrons. The predicted octanol–water partition coefficient (Wildman–Crippen LogP) is 1.50. The molecular formula is C11H13N3O5. The second kappa shape index (κ2) is 6.34. The molecule has 1 aromatic rings. The van der Waals surface area contributed by atoms with E-state index in [1.165, 1.54) is 25.1 Å². The molecule has 1 rings (SSSR count). The first kappa shape index (κ1) is 14.4. The number of carboxylic acids is 1. The quantitative estimate of drug-likeness (QED) is 0.551. The number of carbonyl (C=O) groups is 2. The fourth-order valence-corrected chi connectivity index (χ4v) is 1.41. The van der Waals surface area contributed by atoms with Crippen LogP contribution in [0.25, 0.3) is 0 Å². The lowest BCUT2D eigenvalue weighted by Crippen LogP contribution is -2.30. The summed E-state index contributed by atoms with van der Waals surface area (Å²) in [5.74, 6) is -1.02. The van der Waals surface area contributed by atoms with Crippen molar-refractivity contribution >= 4 is 23.4 Å². The monoisotopic (exact) mass is 267 g/mol. The van der Waals surface area contributed by atoms with E-state index < -0.39 is 16.9 Å². The van der Waals surface area contributed by atoms with Crippen molar-refractivity contribution in [1.82, 2.24) is 5.32 Å². The van der Waals surface area contributed by atoms with Gasteiger partial charge >= 0.3 is 12.0 Å². The molecule has 0 aliphatic carbocycles. The Hall–Kier alpha value is -2.64. The normalized spacial score (nSPS) is 9.74. The van der Waals surface area contributed by atoms with Crippen LogP contribution in [0.3, 0.4) is 0 Å². The van der Waals surface area contributed by atoms with E-state index in [9.17, 15) is 19.7 Å². The zero-order chi connectivity index (χ0) is 14.4. The van der Waals surface area contributed by atoms with E-state index in [0.717, 1.165) is 0 Å². The Morgan fingerprint density at radius 2 is 2.11 bits per heavy atom. The number of carboxylic acid groups (broad SMARTS) is 1. The average Bonchev–Trinajstić information content (AvgIpc) is 2.31. The van der Waals surface area contributed by atoms with E-state index in [-0.39, 0.29) is 18.7 Å². The van der Waals surface area contributed by atoms with Crippen LogP contribution in [0.15, 0.2) is 18.2 Å². The molecule has 0 saturated carbocycles. The van der Waals surface area contributed by atoms with Gasteiger partial charge in [-0.1, -0.05) is 6.07 Å². The van der Waals surface area contributed by atoms with Gasteiger partial charge in [-0.15, -0.1) is 0 Å². The minimum absolute atomic E-state index is 0.0187. The summed E-state index contributed by atoms with van der Waals surface area (Å²) >= 11 is 0. The number of hydrogen-bond acceptors (Lipinski definition) is 4. The van der Waals surface area contributed by atoms with Crippen molar-refractivity contribution in [3.63, 3.8) is 0 Å². The molecule has 19 heavy (non-hydrogen) atoms. The number of rotatable bonds is 5. The Kier molecular flexibility index (Phi) is 4.81. The number of urea groups is 1. The zero-order valence-electron chi connectivity index (χ0n) is 10.2. The number of nitro benzene ring substituents is 1. The maximum atomic E-state index is 11.4. The van der Waals surface area contributed by atoms with Gasteiger partial charge in [0.15, 0.2) is 0 Å². The standard InChI is InChI=1S/C11H13N3O5/c1-7-8(3-2-4-9(7)14(18)19)13-11(17)12-6-5-10(15)16/h2-4H,5-6H2,1H3,(H,15,16)(H2,12,13,17). The SMILES string of the molecule is Cc1c(NC(=O)NCCC(=O)O)cccc1[N+](=O)[O-]. The minimum atomic E-state index is -1.02. The van der Waals surface area contributed by atoms with Crippen molar-refractivity contribution in [2.75, 3.05) is 11.9 Å². The maximum absolute atomic E-state index is 11.4. The van der Waals surface area contributed by atoms with Gasteiger partial charge in [-0.25, -0.2) is 4.79 Å². The number of carbonyl (C=O) groups excluding carboxylic acids is 1. The van der Waals surface area contributed by atoms with Crippen molar-refractivity contribution in [1.29, 1.82) is 0 Å². The summed E-state index contributed by atoms with van der Waals surface area (Å²) in [5, 5.41) is 23.9. The number of nitro groups is 1. The van der Waals surface area contributed by atoms with E-state index >= 15 is 0 Å². The van der Waals surface area contributed by atoms with Crippen LogP contribution in [-0.2, 0) is 4.79 Å². The van der Waals surface area contributed by atoms with Crippen LogP contribution in [0, 0.1) is 17.0 Å². The second-order valence-electron chi connectivity index (χ2n) is 3.73. The largest absolute Gasteiger partial charge is 0.481 e. The summed E-state index contributed by atoms with van der Waals surface area (Å²) in [7, 11) is 0. The molecule has 0 saturated heterocycles. The lowest BCUT2D eigenvalue weighted by atomic mass is 10.1. The molecule has 0 bridgehead atoms. The molecule has 0 fully saturated rings. The van der Waals surface area contributed by atoms with Crippen molar-refractivity contribution in [3.8, 4) is 0 Å². The highest BCUT2D eigenvalue weighted by Gasteiger charge is 2.14. The second-order valence-corrected chi connectivity index (χ2v) is 3.73. The third kappa shape index (κ3) is 4.26. The van der Waals surface area contributed by atoms with Crippen molar-refractivity contribution < 1.29 is 19.6 Å². The smallest absolute Gasteiger partial charge is 0.319 e. The highest BCUT2D eigenvalue weighted by Crippen LogP contribution is 2.24. The summed E-state index contributed by atoms with van der Waals surface area (Å²) in [6.07, 6.45) is -0.193. The van der Waals surface area contributed by atoms with Crippen molar-refractivity contribution in [2.24, 2.45) is 0 Å². The Balaban J connectivity index is 2.67. The van der Waals surface area contributed by atoms with Crippen molar-refractivity contribution in [3.05, 3.63) is 33.9 Å². The molecule has 1 aromatic carbocycles. The molecule has 0 aliphatic rings. The molecular weight excluding hydrogens is 254 g/mol. The molecule has 0 spiro atoms. The lowest BCUT2D eigenvalue weighted by Gasteiger charge is -2.09. The number of nitrogens with one attached hydrogen (secondary N) is 2. The highest BCUT2D eigenvalue weighted by atomic mass is 16.6. The van der Waals surface area contributed by atoms with E-state index in [1.54, 1.807) is 0 Å². The van der Waals surface area contributed by atoms with Gasteiger partial charge in [0.2, 0.25) is 0 Å². The van der Waals surface area contributed by atoms with Gasteiger partial charge in [-0.05, 0) is 13.0 Å². The first-order valence-corrected chi connectivity index (χ1v) is 5.42.